The molecule has 0 aliphatic carbocycles. The molecule has 1 aromatic carbocycles. The minimum absolute atomic E-state index is 0.108. The highest BCUT2D eigenvalue weighted by atomic mass is 19.1. The third-order valence-electron chi connectivity index (χ3n) is 5.25. The van der Waals surface area contributed by atoms with Gasteiger partial charge >= 0.3 is 6.09 Å². The van der Waals surface area contributed by atoms with Crippen LogP contribution in [0.15, 0.2) is 42.6 Å². The van der Waals surface area contributed by atoms with Crippen molar-refractivity contribution in [3.05, 3.63) is 65.1 Å². The van der Waals surface area contributed by atoms with Gasteiger partial charge in [0.2, 0.25) is 5.91 Å². The lowest BCUT2D eigenvalue weighted by molar-refractivity contribution is -0.125. The second-order valence-electron chi connectivity index (χ2n) is 7.25. The Bertz CT molecular complexity index is 1080. The summed E-state index contributed by atoms with van der Waals surface area (Å²) >= 11 is 0. The molecule has 2 aliphatic heterocycles. The van der Waals surface area contributed by atoms with Crippen molar-refractivity contribution >= 4 is 29.5 Å². The molecular weight excluding hydrogens is 401 g/mol. The topological polar surface area (TPSA) is 80.8 Å². The van der Waals surface area contributed by atoms with Gasteiger partial charge in [0.1, 0.15) is 24.0 Å². The summed E-state index contributed by atoms with van der Waals surface area (Å²) in [4.78, 5) is 29.9. The number of nitrogens with one attached hydrogen (secondary N) is 1. The highest BCUT2D eigenvalue weighted by molar-refractivity contribution is 5.92. The number of halogens is 1. The summed E-state index contributed by atoms with van der Waals surface area (Å²) in [7, 11) is 1.56. The molecule has 160 valence electrons. The normalized spacial score (nSPS) is 16.1. The Morgan fingerprint density at radius 2 is 2.19 bits per heavy atom. The largest absolute Gasteiger partial charge is 0.496 e. The predicted molar refractivity (Wildman–Crippen MR) is 114 cm³/mol. The van der Waals surface area contributed by atoms with Crippen LogP contribution < -0.4 is 10.1 Å². The second kappa shape index (κ2) is 8.99. The van der Waals surface area contributed by atoms with E-state index in [1.54, 1.807) is 30.3 Å². The highest BCUT2D eigenvalue weighted by Gasteiger charge is 2.19. The molecule has 1 aromatic heterocycles. The smallest absolute Gasteiger partial charge is 0.413 e. The van der Waals surface area contributed by atoms with Gasteiger partial charge in [-0.25, -0.2) is 14.2 Å². The average Bonchev–Trinajstić information content (AvgIpc) is 3.03. The van der Waals surface area contributed by atoms with Crippen molar-refractivity contribution in [1.82, 2.24) is 9.88 Å². The Hall–Kier alpha value is -3.68. The predicted octanol–water partition coefficient (Wildman–Crippen LogP) is 4.01. The van der Waals surface area contributed by atoms with Gasteiger partial charge in [-0.05, 0) is 54.3 Å². The van der Waals surface area contributed by atoms with E-state index in [4.69, 9.17) is 9.47 Å². The first-order valence-electron chi connectivity index (χ1n) is 9.96. The van der Waals surface area contributed by atoms with Crippen molar-refractivity contribution in [3.63, 3.8) is 0 Å². The van der Waals surface area contributed by atoms with Crippen molar-refractivity contribution in [2.75, 3.05) is 25.5 Å². The van der Waals surface area contributed by atoms with Gasteiger partial charge in [-0.15, -0.1) is 0 Å². The summed E-state index contributed by atoms with van der Waals surface area (Å²) in [5.74, 6) is 0.662. The van der Waals surface area contributed by atoms with Gasteiger partial charge in [-0.2, -0.15) is 0 Å². The molecule has 0 fully saturated rings. The number of pyridine rings is 1. The van der Waals surface area contributed by atoms with E-state index in [-0.39, 0.29) is 18.3 Å². The van der Waals surface area contributed by atoms with E-state index in [1.165, 1.54) is 18.2 Å². The minimum Gasteiger partial charge on any atom is -0.496 e. The SMILES string of the molecule is COc1ccc(F)cc1C1=CCCN(C(=O)/C=C/c2cnc3c(c2)COC(=O)N3)CC1. The molecule has 4 rings (SSSR count). The van der Waals surface area contributed by atoms with Gasteiger partial charge in [0.15, 0.2) is 0 Å². The minimum atomic E-state index is -0.525. The van der Waals surface area contributed by atoms with Crippen molar-refractivity contribution in [2.45, 2.75) is 19.4 Å². The molecule has 1 N–H and O–H groups in total. The van der Waals surface area contributed by atoms with Crippen molar-refractivity contribution in [3.8, 4) is 5.75 Å². The maximum atomic E-state index is 13.7. The van der Waals surface area contributed by atoms with Gasteiger partial charge < -0.3 is 14.4 Å². The van der Waals surface area contributed by atoms with Crippen LogP contribution in [0.25, 0.3) is 11.6 Å². The highest BCUT2D eigenvalue weighted by Crippen LogP contribution is 2.31. The summed E-state index contributed by atoms with van der Waals surface area (Å²) in [5, 5.41) is 2.53. The molecule has 0 unspecified atom stereocenters. The van der Waals surface area contributed by atoms with Gasteiger partial charge in [0.05, 0.1) is 7.11 Å². The zero-order chi connectivity index (χ0) is 21.8. The monoisotopic (exact) mass is 423 g/mol. The van der Waals surface area contributed by atoms with E-state index in [2.05, 4.69) is 10.3 Å². The van der Waals surface area contributed by atoms with Crippen molar-refractivity contribution in [1.29, 1.82) is 0 Å². The summed E-state index contributed by atoms with van der Waals surface area (Å²) in [6.07, 6.45) is 7.59. The van der Waals surface area contributed by atoms with E-state index in [9.17, 15) is 14.0 Å². The number of rotatable bonds is 4. The van der Waals surface area contributed by atoms with Crippen LogP contribution in [-0.4, -0.2) is 42.1 Å². The summed E-state index contributed by atoms with van der Waals surface area (Å²) in [5.41, 5.74) is 3.19. The Balaban J connectivity index is 1.41. The zero-order valence-electron chi connectivity index (χ0n) is 17.1. The fourth-order valence-electron chi connectivity index (χ4n) is 3.65. The third kappa shape index (κ3) is 4.74. The number of ether oxygens (including phenoxy) is 2. The molecule has 0 radical (unpaired) electrons. The van der Waals surface area contributed by atoms with Crippen LogP contribution in [0, 0.1) is 5.82 Å². The maximum absolute atomic E-state index is 13.7. The Morgan fingerprint density at radius 3 is 3.03 bits per heavy atom. The number of anilines is 1. The van der Waals surface area contributed by atoms with Crippen LogP contribution in [0.2, 0.25) is 0 Å². The number of aromatic nitrogens is 1. The lowest BCUT2D eigenvalue weighted by atomic mass is 10.0. The molecule has 7 nitrogen and oxygen atoms in total. The fraction of sp³-hybridized carbons (Fsp3) is 0.261. The third-order valence-corrected chi connectivity index (χ3v) is 5.25. The van der Waals surface area contributed by atoms with Gasteiger partial charge in [0.25, 0.3) is 0 Å². The van der Waals surface area contributed by atoms with E-state index in [0.29, 0.717) is 37.5 Å². The summed E-state index contributed by atoms with van der Waals surface area (Å²) < 4.78 is 24.0. The lowest BCUT2D eigenvalue weighted by Crippen LogP contribution is -2.30. The zero-order valence-corrected chi connectivity index (χ0v) is 17.1. The molecule has 8 heteroatoms. The first-order chi connectivity index (χ1) is 15.0. The number of methoxy groups -OCH3 is 1. The van der Waals surface area contributed by atoms with E-state index in [1.807, 2.05) is 12.1 Å². The number of benzene rings is 1. The number of nitrogens with zero attached hydrogens (tertiary/aromatic N) is 2. The Morgan fingerprint density at radius 1 is 1.32 bits per heavy atom. The van der Waals surface area contributed by atoms with E-state index in [0.717, 1.165) is 22.3 Å². The van der Waals surface area contributed by atoms with Crippen LogP contribution in [-0.2, 0) is 16.1 Å². The molecule has 0 saturated heterocycles. The second-order valence-corrected chi connectivity index (χ2v) is 7.25. The quantitative estimate of drug-likeness (QED) is 0.752. The van der Waals surface area contributed by atoms with Crippen LogP contribution in [0.5, 0.6) is 5.75 Å². The van der Waals surface area contributed by atoms with Crippen molar-refractivity contribution in [2.24, 2.45) is 0 Å². The molecule has 2 aromatic rings. The Kier molecular flexibility index (Phi) is 5.97. The van der Waals surface area contributed by atoms with Crippen molar-refractivity contribution < 1.29 is 23.5 Å². The first-order valence-corrected chi connectivity index (χ1v) is 9.96. The van der Waals surface area contributed by atoms with Crippen LogP contribution in [0.1, 0.15) is 29.5 Å². The van der Waals surface area contributed by atoms with Gasteiger partial charge in [0, 0.05) is 36.5 Å². The number of cyclic esters (lactones) is 1. The average molecular weight is 423 g/mol. The van der Waals surface area contributed by atoms with Crippen LogP contribution >= 0.6 is 0 Å². The molecule has 0 saturated carbocycles. The summed E-state index contributed by atoms with van der Waals surface area (Å²) in [6.45, 7) is 1.25. The van der Waals surface area contributed by atoms with Gasteiger partial charge in [-0.3, -0.25) is 10.1 Å². The standard InChI is InChI=1S/C23H22FN3O4/c1-30-20-6-5-18(24)12-19(20)16-3-2-9-27(10-8-16)21(28)7-4-15-11-17-14-31-23(29)26-22(17)25-13-15/h3-7,11-13H,2,8-10,14H2,1H3,(H,25,26,29)/b7-4+. The fourth-order valence-corrected chi connectivity index (χ4v) is 3.65. The maximum Gasteiger partial charge on any atom is 0.413 e. The number of carbonyl (C=O) groups is 2. The molecule has 0 bridgehead atoms. The van der Waals surface area contributed by atoms with Gasteiger partial charge in [-0.1, -0.05) is 6.08 Å². The van der Waals surface area contributed by atoms with E-state index >= 15 is 0 Å². The van der Waals surface area contributed by atoms with E-state index < -0.39 is 6.09 Å². The molecule has 2 amide bonds. The molecule has 3 heterocycles. The molecule has 2 aliphatic rings. The van der Waals surface area contributed by atoms with Crippen LogP contribution in [0.4, 0.5) is 15.0 Å². The number of fused-ring (bicyclic) bond motifs is 1. The first kappa shape index (κ1) is 20.6. The summed E-state index contributed by atoms with van der Waals surface area (Å²) in [6, 6.07) is 6.28. The number of carbonyl (C=O) groups excluding carboxylic acids is 2. The lowest BCUT2D eigenvalue weighted by Gasteiger charge is -2.19. The molecule has 0 atom stereocenters. The Labute approximate surface area is 179 Å². The number of amides is 2. The number of hydrogen-bond acceptors (Lipinski definition) is 5. The number of hydrogen-bond donors (Lipinski definition) is 1. The molecule has 0 spiro atoms. The molecular formula is C23H22FN3O4. The molecule has 31 heavy (non-hydrogen) atoms. The van der Waals surface area contributed by atoms with Crippen LogP contribution in [0.3, 0.4) is 0 Å².